The molecule has 2 aromatic carbocycles. The van der Waals surface area contributed by atoms with Crippen molar-refractivity contribution < 1.29 is 9.90 Å². The lowest BCUT2D eigenvalue weighted by Crippen LogP contribution is -2.34. The van der Waals surface area contributed by atoms with E-state index in [0.29, 0.717) is 37.0 Å². The maximum Gasteiger partial charge on any atom is 0.272 e. The molecule has 1 saturated heterocycles. The van der Waals surface area contributed by atoms with E-state index in [0.717, 1.165) is 23.2 Å². The number of amides is 1. The van der Waals surface area contributed by atoms with Gasteiger partial charge in [0.05, 0.1) is 6.10 Å². The van der Waals surface area contributed by atoms with Gasteiger partial charge in [-0.25, -0.2) is 4.98 Å². The van der Waals surface area contributed by atoms with Crippen LogP contribution in [0.25, 0.3) is 11.1 Å². The van der Waals surface area contributed by atoms with E-state index in [1.807, 2.05) is 23.1 Å². The average molecular weight is 453 g/mol. The van der Waals surface area contributed by atoms with Gasteiger partial charge in [0.2, 0.25) is 0 Å². The summed E-state index contributed by atoms with van der Waals surface area (Å²) >= 11 is 0. The predicted molar refractivity (Wildman–Crippen MR) is 134 cm³/mol. The van der Waals surface area contributed by atoms with Gasteiger partial charge in [-0.1, -0.05) is 56.3 Å². The zero-order valence-electron chi connectivity index (χ0n) is 20.0. The van der Waals surface area contributed by atoms with Crippen molar-refractivity contribution in [3.63, 3.8) is 0 Å². The molecule has 1 N–H and O–H groups in total. The molecule has 2 atom stereocenters. The van der Waals surface area contributed by atoms with Gasteiger partial charge in [-0.05, 0) is 77.6 Å². The second kappa shape index (κ2) is 8.06. The van der Waals surface area contributed by atoms with Crippen molar-refractivity contribution in [2.45, 2.75) is 62.9 Å². The van der Waals surface area contributed by atoms with Crippen molar-refractivity contribution in [3.05, 3.63) is 88.7 Å². The minimum absolute atomic E-state index is 0.0183. The van der Waals surface area contributed by atoms with E-state index in [9.17, 15) is 9.90 Å². The Hall–Kier alpha value is -2.98. The van der Waals surface area contributed by atoms with Crippen molar-refractivity contribution in [3.8, 4) is 11.1 Å². The zero-order valence-corrected chi connectivity index (χ0v) is 20.0. The number of benzene rings is 2. The fraction of sp³-hybridized carbons (Fsp3) is 0.400. The molecule has 2 heterocycles. The SMILES string of the molecule is CC(C)c1ccccc1-c1ccc2c(c1)[C@@H](O)C[C@@]21CCN(C(=O)c2cccc(C3CC3)n2)C1. The Morgan fingerprint density at radius 3 is 2.71 bits per heavy atom. The molecule has 0 bridgehead atoms. The highest BCUT2D eigenvalue weighted by molar-refractivity contribution is 5.92. The fourth-order valence-corrected chi connectivity index (χ4v) is 6.11. The molecule has 1 spiro atoms. The molecular formula is C30H32N2O2. The topological polar surface area (TPSA) is 53.4 Å². The summed E-state index contributed by atoms with van der Waals surface area (Å²) in [5, 5.41) is 11.1. The van der Waals surface area contributed by atoms with Gasteiger partial charge in [0.15, 0.2) is 0 Å². The van der Waals surface area contributed by atoms with Crippen LogP contribution in [0, 0.1) is 0 Å². The maximum atomic E-state index is 13.3. The summed E-state index contributed by atoms with van der Waals surface area (Å²) in [5.41, 5.74) is 7.39. The van der Waals surface area contributed by atoms with E-state index < -0.39 is 6.10 Å². The average Bonchev–Trinajstić information content (AvgIpc) is 3.58. The Bertz CT molecular complexity index is 1260. The van der Waals surface area contributed by atoms with Crippen molar-refractivity contribution in [2.24, 2.45) is 0 Å². The smallest absolute Gasteiger partial charge is 0.272 e. The fourth-order valence-electron chi connectivity index (χ4n) is 6.11. The number of aliphatic hydroxyl groups is 1. The molecule has 6 rings (SSSR count). The molecule has 34 heavy (non-hydrogen) atoms. The second-order valence-electron chi connectivity index (χ2n) is 10.7. The molecule has 2 aliphatic carbocycles. The standard InChI is InChI=1S/C30H32N2O2/c1-19(2)22-6-3-4-7-23(22)21-12-13-25-24(16-21)28(33)17-30(25)14-15-32(18-30)29(34)27-9-5-8-26(31-27)20-10-11-20/h3-9,12-13,16,19-20,28,33H,10-11,14-15,17-18H2,1-2H3/t28-,30+/m0/s1. The number of rotatable bonds is 4. The molecule has 3 aliphatic rings. The van der Waals surface area contributed by atoms with E-state index in [1.165, 1.54) is 29.5 Å². The Kier molecular flexibility index (Phi) is 5.11. The van der Waals surface area contributed by atoms with Crippen LogP contribution in [0.1, 0.15) is 90.3 Å². The Labute approximate surface area is 201 Å². The normalized spacial score (nSPS) is 23.6. The van der Waals surface area contributed by atoms with Gasteiger partial charge >= 0.3 is 0 Å². The van der Waals surface area contributed by atoms with Crippen LogP contribution >= 0.6 is 0 Å². The number of carbonyl (C=O) groups is 1. The number of pyridine rings is 1. The number of aliphatic hydroxyl groups excluding tert-OH is 1. The molecule has 2 fully saturated rings. The van der Waals surface area contributed by atoms with Crippen LogP contribution < -0.4 is 0 Å². The highest BCUT2D eigenvalue weighted by Crippen LogP contribution is 2.51. The summed E-state index contributed by atoms with van der Waals surface area (Å²) in [6.45, 7) is 5.79. The van der Waals surface area contributed by atoms with Gasteiger partial charge in [-0.2, -0.15) is 0 Å². The molecule has 1 aliphatic heterocycles. The number of fused-ring (bicyclic) bond motifs is 2. The third-order valence-electron chi connectivity index (χ3n) is 8.09. The van der Waals surface area contributed by atoms with Crippen molar-refractivity contribution in [1.82, 2.24) is 9.88 Å². The Balaban J connectivity index is 1.28. The number of likely N-dealkylation sites (tertiary alicyclic amines) is 1. The lowest BCUT2D eigenvalue weighted by Gasteiger charge is -2.25. The molecule has 4 heteroatoms. The lowest BCUT2D eigenvalue weighted by atomic mass is 9.80. The highest BCUT2D eigenvalue weighted by Gasteiger charge is 2.49. The molecule has 1 aromatic heterocycles. The largest absolute Gasteiger partial charge is 0.388 e. The lowest BCUT2D eigenvalue weighted by molar-refractivity contribution is 0.0770. The molecule has 0 radical (unpaired) electrons. The van der Waals surface area contributed by atoms with Crippen LogP contribution in [0.4, 0.5) is 0 Å². The molecule has 0 unspecified atom stereocenters. The monoisotopic (exact) mass is 452 g/mol. The van der Waals surface area contributed by atoms with E-state index in [1.54, 1.807) is 0 Å². The van der Waals surface area contributed by atoms with Crippen LogP contribution in [0.15, 0.2) is 60.7 Å². The second-order valence-corrected chi connectivity index (χ2v) is 10.7. The van der Waals surface area contributed by atoms with Crippen LogP contribution in [0.5, 0.6) is 0 Å². The summed E-state index contributed by atoms with van der Waals surface area (Å²) in [6.07, 6.45) is 3.42. The first kappa shape index (κ1) is 21.5. The van der Waals surface area contributed by atoms with E-state index in [2.05, 4.69) is 61.3 Å². The minimum atomic E-state index is -0.493. The van der Waals surface area contributed by atoms with Crippen LogP contribution in [0.3, 0.4) is 0 Å². The molecular weight excluding hydrogens is 420 g/mol. The summed E-state index contributed by atoms with van der Waals surface area (Å²) in [6, 6.07) is 21.0. The first-order valence-corrected chi connectivity index (χ1v) is 12.6. The predicted octanol–water partition coefficient (Wildman–Crippen LogP) is 5.97. The first-order valence-electron chi connectivity index (χ1n) is 12.6. The summed E-state index contributed by atoms with van der Waals surface area (Å²) in [5.74, 6) is 0.983. The maximum absolute atomic E-state index is 13.3. The van der Waals surface area contributed by atoms with Crippen molar-refractivity contribution in [1.29, 1.82) is 0 Å². The number of hydrogen-bond donors (Lipinski definition) is 1. The van der Waals surface area contributed by atoms with Gasteiger partial charge in [0.25, 0.3) is 5.91 Å². The zero-order chi connectivity index (χ0) is 23.4. The van der Waals surface area contributed by atoms with E-state index in [4.69, 9.17) is 0 Å². The summed E-state index contributed by atoms with van der Waals surface area (Å²) in [4.78, 5) is 19.9. The third kappa shape index (κ3) is 3.56. The first-order chi connectivity index (χ1) is 16.4. The van der Waals surface area contributed by atoms with Crippen LogP contribution in [-0.2, 0) is 5.41 Å². The molecule has 1 amide bonds. The molecule has 3 aromatic rings. The van der Waals surface area contributed by atoms with Gasteiger partial charge in [-0.3, -0.25) is 4.79 Å². The Morgan fingerprint density at radius 1 is 1.09 bits per heavy atom. The highest BCUT2D eigenvalue weighted by atomic mass is 16.3. The quantitative estimate of drug-likeness (QED) is 0.531. The molecule has 174 valence electrons. The molecule has 4 nitrogen and oxygen atoms in total. The number of carbonyl (C=O) groups excluding carboxylic acids is 1. The summed E-state index contributed by atoms with van der Waals surface area (Å²) < 4.78 is 0. The van der Waals surface area contributed by atoms with Crippen molar-refractivity contribution in [2.75, 3.05) is 13.1 Å². The van der Waals surface area contributed by atoms with Gasteiger partial charge < -0.3 is 10.0 Å². The molecule has 1 saturated carbocycles. The number of aromatic nitrogens is 1. The van der Waals surface area contributed by atoms with Gasteiger partial charge in [0.1, 0.15) is 5.69 Å². The number of nitrogens with zero attached hydrogens (tertiary/aromatic N) is 2. The van der Waals surface area contributed by atoms with Crippen LogP contribution in [0.2, 0.25) is 0 Å². The van der Waals surface area contributed by atoms with Gasteiger partial charge in [0, 0.05) is 30.1 Å². The van der Waals surface area contributed by atoms with Crippen molar-refractivity contribution >= 4 is 5.91 Å². The van der Waals surface area contributed by atoms with E-state index in [-0.39, 0.29) is 11.3 Å². The third-order valence-corrected chi connectivity index (χ3v) is 8.09. The van der Waals surface area contributed by atoms with E-state index >= 15 is 0 Å². The van der Waals surface area contributed by atoms with Gasteiger partial charge in [-0.15, -0.1) is 0 Å². The Morgan fingerprint density at radius 2 is 1.91 bits per heavy atom. The summed E-state index contributed by atoms with van der Waals surface area (Å²) in [7, 11) is 0. The number of hydrogen-bond acceptors (Lipinski definition) is 3. The van der Waals surface area contributed by atoms with Crippen LogP contribution in [-0.4, -0.2) is 34.0 Å². The minimum Gasteiger partial charge on any atom is -0.388 e.